The number of benzene rings is 3. The number of allylic oxidation sites excluding steroid dienone is 12. The maximum atomic E-state index is 17.2. The number of hydrogen-bond donors (Lipinski definition) is 0. The molecule has 7 heteroatoms. The van der Waals surface area contributed by atoms with Gasteiger partial charge in [0.15, 0.2) is 12.9 Å². The van der Waals surface area contributed by atoms with Crippen LogP contribution >= 0.6 is 7.14 Å². The number of ether oxygens (including phenoxy) is 3. The van der Waals surface area contributed by atoms with Crippen LogP contribution in [0.5, 0.6) is 0 Å². The monoisotopic (exact) mass is 987 g/mol. The molecule has 388 valence electrons. The van der Waals surface area contributed by atoms with Crippen molar-refractivity contribution in [3.8, 4) is 0 Å². The van der Waals surface area contributed by atoms with E-state index in [2.05, 4.69) is 98.8 Å². The molecule has 0 bridgehead atoms. The lowest BCUT2D eigenvalue weighted by molar-refractivity contribution is -0.256. The van der Waals surface area contributed by atoms with Crippen LogP contribution in [0.4, 0.5) is 0 Å². The second-order valence-corrected chi connectivity index (χ2v) is 23.4. The smallest absolute Gasteiger partial charge is 0.256 e. The highest BCUT2D eigenvalue weighted by atomic mass is 31.2. The Morgan fingerprint density at radius 3 is 1.48 bits per heavy atom. The van der Waals surface area contributed by atoms with E-state index in [1.165, 1.54) is 16.7 Å². The van der Waals surface area contributed by atoms with Crippen molar-refractivity contribution in [1.29, 1.82) is 0 Å². The summed E-state index contributed by atoms with van der Waals surface area (Å²) in [5.74, 6) is -1.95. The lowest BCUT2D eigenvalue weighted by atomic mass is 9.70. The Morgan fingerprint density at radius 1 is 0.535 bits per heavy atom. The van der Waals surface area contributed by atoms with Crippen LogP contribution in [-0.2, 0) is 23.6 Å². The summed E-state index contributed by atoms with van der Waals surface area (Å²) in [5, 5.41) is 1.37. The summed E-state index contributed by atoms with van der Waals surface area (Å²) < 4.78 is 36.6. The van der Waals surface area contributed by atoms with E-state index in [-0.39, 0.29) is 18.0 Å². The second kappa shape index (κ2) is 31.9. The summed E-state index contributed by atoms with van der Waals surface area (Å²) in [6.07, 6.45) is 25.7. The number of ketones is 2. The number of carbonyl (C=O) groups excluding carboxylic acids is 2. The van der Waals surface area contributed by atoms with Crippen LogP contribution in [0.3, 0.4) is 0 Å². The van der Waals surface area contributed by atoms with Crippen molar-refractivity contribution >= 4 is 29.3 Å². The molecular weight excluding hydrogens is 896 g/mol. The molecule has 6 nitrogen and oxygen atoms in total. The summed E-state index contributed by atoms with van der Waals surface area (Å²) in [6.45, 7) is 19.0. The van der Waals surface area contributed by atoms with Crippen molar-refractivity contribution in [2.75, 3.05) is 21.3 Å². The van der Waals surface area contributed by atoms with E-state index in [1.54, 1.807) is 21.3 Å². The molecule has 71 heavy (non-hydrogen) atoms. The number of methoxy groups -OCH3 is 3. The van der Waals surface area contributed by atoms with Gasteiger partial charge in [-0.25, -0.2) is 0 Å². The van der Waals surface area contributed by atoms with Gasteiger partial charge < -0.3 is 18.8 Å². The minimum Gasteiger partial charge on any atom is -0.375 e. The molecule has 0 spiro atoms. The molecule has 3 unspecified atom stereocenters. The third-order valence-corrected chi connectivity index (χ3v) is 17.3. The third kappa shape index (κ3) is 18.8. The largest absolute Gasteiger partial charge is 0.375 e. The average Bonchev–Trinajstić information content (AvgIpc) is 3.36. The van der Waals surface area contributed by atoms with E-state index in [0.29, 0.717) is 29.9 Å². The van der Waals surface area contributed by atoms with Crippen molar-refractivity contribution < 1.29 is 28.4 Å². The van der Waals surface area contributed by atoms with Crippen LogP contribution in [0.2, 0.25) is 0 Å². The van der Waals surface area contributed by atoms with E-state index in [9.17, 15) is 4.79 Å². The highest BCUT2D eigenvalue weighted by Gasteiger charge is 2.61. The zero-order valence-electron chi connectivity index (χ0n) is 46.0. The molecule has 3 rings (SSSR count). The van der Waals surface area contributed by atoms with E-state index in [0.717, 1.165) is 99.3 Å². The fourth-order valence-corrected chi connectivity index (χ4v) is 13.3. The van der Waals surface area contributed by atoms with Gasteiger partial charge in [0.2, 0.25) is 5.78 Å². The highest BCUT2D eigenvalue weighted by Crippen LogP contribution is 2.60. The summed E-state index contributed by atoms with van der Waals surface area (Å²) in [4.78, 5) is 29.5. The second-order valence-electron chi connectivity index (χ2n) is 20.5. The van der Waals surface area contributed by atoms with Gasteiger partial charge in [-0.1, -0.05) is 199 Å². The van der Waals surface area contributed by atoms with Gasteiger partial charge in [-0.05, 0) is 120 Å². The highest BCUT2D eigenvalue weighted by molar-refractivity contribution is 7.79. The first-order chi connectivity index (χ1) is 34.0. The molecule has 0 radical (unpaired) electrons. The summed E-state index contributed by atoms with van der Waals surface area (Å²) in [5.41, 5.74) is 5.51. The Bertz CT molecular complexity index is 2240. The van der Waals surface area contributed by atoms with Gasteiger partial charge in [0.25, 0.3) is 5.79 Å². The van der Waals surface area contributed by atoms with E-state index in [4.69, 9.17) is 14.2 Å². The predicted octanol–water partition coefficient (Wildman–Crippen LogP) is 16.8. The Hall–Kier alpha value is -4.45. The molecule has 3 aromatic carbocycles. The summed E-state index contributed by atoms with van der Waals surface area (Å²) in [6, 6.07) is 29.1. The molecule has 0 aromatic heterocycles. The van der Waals surface area contributed by atoms with E-state index >= 15 is 9.36 Å². The van der Waals surface area contributed by atoms with Crippen LogP contribution in [0.1, 0.15) is 175 Å². The molecule has 3 atom stereocenters. The molecule has 0 saturated carbocycles. The first kappa shape index (κ1) is 60.9. The lowest BCUT2D eigenvalue weighted by Crippen LogP contribution is -2.61. The number of hydrogen-bond acceptors (Lipinski definition) is 6. The van der Waals surface area contributed by atoms with Crippen LogP contribution in [0, 0.1) is 5.41 Å². The number of unbranched alkanes of at least 4 members (excludes halogenated alkanes) is 6. The van der Waals surface area contributed by atoms with Crippen LogP contribution < -0.4 is 10.6 Å². The van der Waals surface area contributed by atoms with Crippen LogP contribution in [-0.4, -0.2) is 50.4 Å². The first-order valence-corrected chi connectivity index (χ1v) is 28.2. The number of rotatable bonds is 34. The summed E-state index contributed by atoms with van der Waals surface area (Å²) in [7, 11) is 0.967. The fraction of sp³-hybridized carbons (Fsp3) is 0.500. The fourth-order valence-electron chi connectivity index (χ4n) is 9.70. The van der Waals surface area contributed by atoms with Crippen molar-refractivity contribution in [2.45, 2.75) is 183 Å². The van der Waals surface area contributed by atoms with Gasteiger partial charge in [0, 0.05) is 43.9 Å². The Balaban J connectivity index is 2.24. The van der Waals surface area contributed by atoms with Crippen molar-refractivity contribution in [3.63, 3.8) is 0 Å². The standard InChI is InChI=1S/C64H91O6P/c1-50(2)32-29-34-53(7)35-31-37-55(9)49-63(47-46-52(5)6,61(48-54(8)36-30-33-51(3)4)71(67,57-40-23-19-24-41-57)58-42-25-20-26-43-58)62(66)64(69-11,70-12)60(68-10)45-28-17-15-13-14-16-27-44-59(65)56-38-21-18-22-39-56/h18-26,32-33,35,38-43,46,48-49,60-61H,13-17,27-31,34,36-37,44-45,47H2,1-12H3. The molecule has 0 fully saturated rings. The van der Waals surface area contributed by atoms with Crippen molar-refractivity contribution in [1.82, 2.24) is 0 Å². The molecule has 0 N–H and O–H groups in total. The Labute approximate surface area is 431 Å². The summed E-state index contributed by atoms with van der Waals surface area (Å²) >= 11 is 0. The van der Waals surface area contributed by atoms with Gasteiger partial charge >= 0.3 is 0 Å². The van der Waals surface area contributed by atoms with E-state index in [1.807, 2.05) is 91.0 Å². The maximum Gasteiger partial charge on any atom is 0.256 e. The Morgan fingerprint density at radius 2 is 0.986 bits per heavy atom. The molecule has 0 aliphatic heterocycles. The van der Waals surface area contributed by atoms with E-state index < -0.39 is 30.1 Å². The minimum atomic E-state index is -3.76. The molecule has 3 aromatic rings. The minimum absolute atomic E-state index is 0.203. The van der Waals surface area contributed by atoms with Crippen molar-refractivity contribution in [3.05, 3.63) is 166 Å². The first-order valence-electron chi connectivity index (χ1n) is 26.4. The van der Waals surface area contributed by atoms with Gasteiger partial charge in [-0.3, -0.25) is 9.59 Å². The molecule has 0 heterocycles. The van der Waals surface area contributed by atoms with Gasteiger partial charge in [-0.2, -0.15) is 0 Å². The maximum absolute atomic E-state index is 17.2. The third-order valence-electron chi connectivity index (χ3n) is 13.7. The molecule has 0 saturated heterocycles. The zero-order chi connectivity index (χ0) is 52.3. The normalized spacial score (nSPS) is 14.3. The van der Waals surface area contributed by atoms with Gasteiger partial charge in [0.05, 0.1) is 11.1 Å². The average molecular weight is 987 g/mol. The SMILES string of the molecule is COC(CCCCCCCCCC(=O)c1ccccc1)C(OC)(OC)C(=O)C(C=C(C)CCC=C(C)CCC=C(C)C)(CC=C(C)C)C(C=C(C)CCC=C(C)C)P(=O)(c1ccccc1)c1ccccc1. The van der Waals surface area contributed by atoms with Crippen molar-refractivity contribution in [2.24, 2.45) is 5.41 Å². The number of Topliss-reactive ketones (excluding diaryl/α,β-unsaturated/α-hetero) is 2. The lowest BCUT2D eigenvalue weighted by Gasteiger charge is -2.47. The molecule has 0 aliphatic rings. The van der Waals surface area contributed by atoms with Gasteiger partial charge in [0.1, 0.15) is 6.10 Å². The topological polar surface area (TPSA) is 78.9 Å². The molecule has 0 aliphatic carbocycles. The Kier molecular flexibility index (Phi) is 27.3. The quantitative estimate of drug-likeness (QED) is 0.0195. The van der Waals surface area contributed by atoms with Crippen LogP contribution in [0.15, 0.2) is 161 Å². The number of carbonyl (C=O) groups is 2. The molecule has 0 amide bonds. The zero-order valence-corrected chi connectivity index (χ0v) is 46.9. The van der Waals surface area contributed by atoms with Gasteiger partial charge in [-0.15, -0.1) is 0 Å². The predicted molar refractivity (Wildman–Crippen MR) is 303 cm³/mol. The molecular formula is C64H91O6P. The van der Waals surface area contributed by atoms with Crippen LogP contribution in [0.25, 0.3) is 0 Å².